The van der Waals surface area contributed by atoms with E-state index in [0.717, 1.165) is 17.0 Å². The Morgan fingerprint density at radius 2 is 1.83 bits per heavy atom. The summed E-state index contributed by atoms with van der Waals surface area (Å²) in [5.74, 6) is 0.136. The van der Waals surface area contributed by atoms with Crippen LogP contribution in [0.1, 0.15) is 12.5 Å². The van der Waals surface area contributed by atoms with Gasteiger partial charge >= 0.3 is 5.97 Å². The number of ether oxygens (including phenoxy) is 1. The number of rotatable bonds is 6. The number of fused-ring (bicyclic) bond motifs is 1. The fourth-order valence-electron chi connectivity index (χ4n) is 2.51. The van der Waals surface area contributed by atoms with Gasteiger partial charge in [-0.05, 0) is 18.6 Å². The Labute approximate surface area is 140 Å². The third-order valence-electron chi connectivity index (χ3n) is 3.68. The summed E-state index contributed by atoms with van der Waals surface area (Å²) in [6.07, 6.45) is 2.11. The molecule has 0 unspecified atom stereocenters. The molecule has 3 aromatic rings. The molecule has 2 aromatic carbocycles. The number of nitrogens with zero attached hydrogens (tertiary/aromatic N) is 1. The Morgan fingerprint density at radius 3 is 2.61 bits per heavy atom. The first-order valence-corrected chi connectivity index (χ1v) is 8.66. The van der Waals surface area contributed by atoms with Crippen molar-refractivity contribution >= 4 is 28.6 Å². The summed E-state index contributed by atoms with van der Waals surface area (Å²) < 4.78 is 7.53. The molecule has 0 saturated heterocycles. The fourth-order valence-corrected chi connectivity index (χ4v) is 3.39. The molecule has 0 saturated carbocycles. The van der Waals surface area contributed by atoms with Crippen molar-refractivity contribution in [1.29, 1.82) is 0 Å². The molecule has 0 fully saturated rings. The monoisotopic (exact) mass is 325 g/mol. The van der Waals surface area contributed by atoms with Crippen molar-refractivity contribution in [3.63, 3.8) is 0 Å². The summed E-state index contributed by atoms with van der Waals surface area (Å²) in [7, 11) is 0. The largest absolute Gasteiger partial charge is 0.460 e. The van der Waals surface area contributed by atoms with Gasteiger partial charge in [-0.15, -0.1) is 11.8 Å². The van der Waals surface area contributed by atoms with Crippen LogP contribution in [0.25, 0.3) is 10.9 Å². The lowest BCUT2D eigenvalue weighted by Crippen LogP contribution is -2.07. The summed E-state index contributed by atoms with van der Waals surface area (Å²) in [5, 5.41) is 1.19. The number of benzene rings is 2. The number of thioether (sulfide) groups is 1. The summed E-state index contributed by atoms with van der Waals surface area (Å²) in [4.78, 5) is 13.1. The molecule has 0 radical (unpaired) electrons. The first-order valence-electron chi connectivity index (χ1n) is 7.68. The van der Waals surface area contributed by atoms with Crippen LogP contribution in [0.3, 0.4) is 0 Å². The van der Waals surface area contributed by atoms with Gasteiger partial charge < -0.3 is 9.30 Å². The SMILES string of the molecule is CCn1cc(SCC(=O)OCc2ccccc2)c2ccccc21. The highest BCUT2D eigenvalue weighted by atomic mass is 32.2. The van der Waals surface area contributed by atoms with Gasteiger partial charge in [0.2, 0.25) is 0 Å². The third kappa shape index (κ3) is 3.77. The molecule has 23 heavy (non-hydrogen) atoms. The van der Waals surface area contributed by atoms with Crippen LogP contribution in [-0.2, 0) is 22.7 Å². The molecule has 0 amide bonds. The van der Waals surface area contributed by atoms with E-state index in [-0.39, 0.29) is 5.97 Å². The van der Waals surface area contributed by atoms with E-state index in [1.807, 2.05) is 42.5 Å². The van der Waals surface area contributed by atoms with E-state index in [1.54, 1.807) is 0 Å². The van der Waals surface area contributed by atoms with Crippen molar-refractivity contribution in [1.82, 2.24) is 4.57 Å². The predicted molar refractivity (Wildman–Crippen MR) is 94.6 cm³/mol. The number of carbonyl (C=O) groups is 1. The van der Waals surface area contributed by atoms with Gasteiger partial charge in [-0.25, -0.2) is 0 Å². The second-order valence-electron chi connectivity index (χ2n) is 5.23. The van der Waals surface area contributed by atoms with E-state index in [0.29, 0.717) is 12.4 Å². The lowest BCUT2D eigenvalue weighted by atomic mass is 10.2. The van der Waals surface area contributed by atoms with Crippen molar-refractivity contribution in [2.45, 2.75) is 25.0 Å². The predicted octanol–water partition coefficient (Wildman–Crippen LogP) is 4.50. The highest BCUT2D eigenvalue weighted by Crippen LogP contribution is 2.30. The van der Waals surface area contributed by atoms with Gasteiger partial charge in [0.15, 0.2) is 0 Å². The Morgan fingerprint density at radius 1 is 1.09 bits per heavy atom. The molecule has 0 aliphatic heterocycles. The number of aromatic nitrogens is 1. The van der Waals surface area contributed by atoms with E-state index >= 15 is 0 Å². The average molecular weight is 325 g/mol. The highest BCUT2D eigenvalue weighted by Gasteiger charge is 2.10. The van der Waals surface area contributed by atoms with Crippen LogP contribution in [0.15, 0.2) is 65.7 Å². The van der Waals surface area contributed by atoms with Crippen LogP contribution < -0.4 is 0 Å². The summed E-state index contributed by atoms with van der Waals surface area (Å²) in [6.45, 7) is 3.37. The van der Waals surface area contributed by atoms with Crippen LogP contribution >= 0.6 is 11.8 Å². The zero-order valence-electron chi connectivity index (χ0n) is 13.1. The topological polar surface area (TPSA) is 31.2 Å². The van der Waals surface area contributed by atoms with E-state index in [1.165, 1.54) is 22.7 Å². The Kier molecular flexibility index (Phi) is 5.03. The first-order chi connectivity index (χ1) is 11.3. The van der Waals surface area contributed by atoms with E-state index in [9.17, 15) is 4.79 Å². The average Bonchev–Trinajstić information content (AvgIpc) is 2.97. The Bertz CT molecular complexity index is 795. The molecule has 4 heteroatoms. The maximum atomic E-state index is 12.0. The van der Waals surface area contributed by atoms with Crippen LogP contribution in [0.4, 0.5) is 0 Å². The second kappa shape index (κ2) is 7.38. The molecule has 0 atom stereocenters. The standard InChI is InChI=1S/C19H19NO2S/c1-2-20-12-18(16-10-6-7-11-17(16)20)23-14-19(21)22-13-15-8-4-3-5-9-15/h3-12H,2,13-14H2,1H3. The number of aryl methyl sites for hydroxylation is 1. The van der Waals surface area contributed by atoms with Gasteiger partial charge in [-0.3, -0.25) is 4.79 Å². The first kappa shape index (κ1) is 15.7. The quantitative estimate of drug-likeness (QED) is 0.494. The van der Waals surface area contributed by atoms with Crippen molar-refractivity contribution in [2.24, 2.45) is 0 Å². The molecule has 0 aliphatic rings. The Balaban J connectivity index is 1.61. The molecular formula is C19H19NO2S. The zero-order chi connectivity index (χ0) is 16.1. The molecule has 3 nitrogen and oxygen atoms in total. The van der Waals surface area contributed by atoms with Gasteiger partial charge in [0.25, 0.3) is 0 Å². The van der Waals surface area contributed by atoms with Crippen LogP contribution in [-0.4, -0.2) is 16.3 Å². The smallest absolute Gasteiger partial charge is 0.316 e. The van der Waals surface area contributed by atoms with Crippen LogP contribution in [0, 0.1) is 0 Å². The fraction of sp³-hybridized carbons (Fsp3) is 0.211. The van der Waals surface area contributed by atoms with Gasteiger partial charge in [0.05, 0.1) is 5.75 Å². The van der Waals surface area contributed by atoms with Crippen molar-refractivity contribution in [3.05, 3.63) is 66.4 Å². The number of carbonyl (C=O) groups excluding carboxylic acids is 1. The summed E-state index contributed by atoms with van der Waals surface area (Å²) >= 11 is 1.53. The third-order valence-corrected chi connectivity index (χ3v) is 4.70. The van der Waals surface area contributed by atoms with Crippen molar-refractivity contribution in [3.8, 4) is 0 Å². The van der Waals surface area contributed by atoms with E-state index < -0.39 is 0 Å². The van der Waals surface area contributed by atoms with Gasteiger partial charge in [-0.2, -0.15) is 0 Å². The summed E-state index contributed by atoms with van der Waals surface area (Å²) in [5.41, 5.74) is 2.21. The maximum absolute atomic E-state index is 12.0. The number of hydrogen-bond donors (Lipinski definition) is 0. The van der Waals surface area contributed by atoms with Gasteiger partial charge in [-0.1, -0.05) is 48.5 Å². The lowest BCUT2D eigenvalue weighted by molar-refractivity contribution is -0.141. The maximum Gasteiger partial charge on any atom is 0.316 e. The molecule has 0 bridgehead atoms. The zero-order valence-corrected chi connectivity index (χ0v) is 13.9. The second-order valence-corrected chi connectivity index (χ2v) is 6.25. The van der Waals surface area contributed by atoms with E-state index in [4.69, 9.17) is 4.74 Å². The van der Waals surface area contributed by atoms with Crippen molar-refractivity contribution < 1.29 is 9.53 Å². The molecule has 0 N–H and O–H groups in total. The number of esters is 1. The normalized spacial score (nSPS) is 10.8. The minimum Gasteiger partial charge on any atom is -0.460 e. The lowest BCUT2D eigenvalue weighted by Gasteiger charge is -2.04. The van der Waals surface area contributed by atoms with Gasteiger partial charge in [0.1, 0.15) is 6.61 Å². The molecule has 1 aromatic heterocycles. The number of para-hydroxylation sites is 1. The minimum atomic E-state index is -0.188. The van der Waals surface area contributed by atoms with Gasteiger partial charge in [0, 0.05) is 28.5 Å². The van der Waals surface area contributed by atoms with Crippen LogP contribution in [0.5, 0.6) is 0 Å². The number of hydrogen-bond acceptors (Lipinski definition) is 3. The molecule has 118 valence electrons. The van der Waals surface area contributed by atoms with Crippen LogP contribution in [0.2, 0.25) is 0 Å². The minimum absolute atomic E-state index is 0.188. The molecule has 0 spiro atoms. The molecular weight excluding hydrogens is 306 g/mol. The summed E-state index contributed by atoms with van der Waals surface area (Å²) in [6, 6.07) is 18.0. The molecule has 0 aliphatic carbocycles. The van der Waals surface area contributed by atoms with Crippen molar-refractivity contribution in [2.75, 3.05) is 5.75 Å². The van der Waals surface area contributed by atoms with E-state index in [2.05, 4.69) is 29.8 Å². The molecule has 3 rings (SSSR count). The Hall–Kier alpha value is -2.20. The molecule has 1 heterocycles. The highest BCUT2D eigenvalue weighted by molar-refractivity contribution is 8.00.